The minimum absolute atomic E-state index is 0.228. The van der Waals surface area contributed by atoms with Crippen LogP contribution in [0.4, 0.5) is 5.69 Å². The Kier molecular flexibility index (Phi) is 4.46. The zero-order chi connectivity index (χ0) is 13.8. The predicted octanol–water partition coefficient (Wildman–Crippen LogP) is 4.40. The van der Waals surface area contributed by atoms with E-state index in [-0.39, 0.29) is 5.75 Å². The molecule has 2 N–H and O–H groups in total. The van der Waals surface area contributed by atoms with Crippen LogP contribution >= 0.6 is 31.9 Å². The number of phenolic OH excluding ortho intramolecular Hbond substituents is 1. The van der Waals surface area contributed by atoms with Crippen LogP contribution in [0.25, 0.3) is 0 Å². The molecule has 3 nitrogen and oxygen atoms in total. The summed E-state index contributed by atoms with van der Waals surface area (Å²) >= 11 is 6.69. The minimum atomic E-state index is 0.228. The number of benzene rings is 2. The smallest absolute Gasteiger partial charge is 0.120 e. The van der Waals surface area contributed by atoms with Gasteiger partial charge in [-0.2, -0.15) is 5.26 Å². The van der Waals surface area contributed by atoms with Crippen LogP contribution in [0.3, 0.4) is 0 Å². The maximum atomic E-state index is 9.75. The highest BCUT2D eigenvalue weighted by Gasteiger charge is 2.05. The average molecular weight is 382 g/mol. The maximum Gasteiger partial charge on any atom is 0.120 e. The van der Waals surface area contributed by atoms with Crippen molar-refractivity contribution >= 4 is 37.5 Å². The van der Waals surface area contributed by atoms with Crippen molar-refractivity contribution in [2.45, 2.75) is 6.54 Å². The molecule has 0 heterocycles. The number of nitriles is 1. The summed E-state index contributed by atoms with van der Waals surface area (Å²) in [6.07, 6.45) is 0. The summed E-state index contributed by atoms with van der Waals surface area (Å²) in [6.45, 7) is 0.446. The molecule has 2 aromatic rings. The molecule has 5 heteroatoms. The third-order valence-corrected chi connectivity index (χ3v) is 3.60. The molecule has 0 aromatic heterocycles. The van der Waals surface area contributed by atoms with Gasteiger partial charge in [-0.1, -0.05) is 31.9 Å². The van der Waals surface area contributed by atoms with Gasteiger partial charge in [0.05, 0.1) is 11.3 Å². The SMILES string of the molecule is N#Cc1cc(Br)ccc1NCc1cc(Br)ccc1O. The lowest BCUT2D eigenvalue weighted by Crippen LogP contribution is -2.01. The fourth-order valence-electron chi connectivity index (χ4n) is 1.65. The Morgan fingerprint density at radius 3 is 2.53 bits per heavy atom. The molecule has 0 aliphatic heterocycles. The van der Waals surface area contributed by atoms with E-state index in [0.717, 1.165) is 20.2 Å². The number of halogens is 2. The Bertz CT molecular complexity index is 650. The standard InChI is InChI=1S/C14H10Br2N2O/c15-11-1-3-13(9(5-11)7-17)18-8-10-6-12(16)2-4-14(10)19/h1-6,18-19H,8H2. The largest absolute Gasteiger partial charge is 0.508 e. The van der Waals surface area contributed by atoms with Crippen LogP contribution in [-0.2, 0) is 6.54 Å². The summed E-state index contributed by atoms with van der Waals surface area (Å²) in [5.41, 5.74) is 2.06. The number of phenols is 1. The number of nitrogens with one attached hydrogen (secondary N) is 1. The average Bonchev–Trinajstić information content (AvgIpc) is 2.40. The lowest BCUT2D eigenvalue weighted by atomic mass is 10.1. The molecule has 0 fully saturated rings. The Labute approximate surface area is 128 Å². The van der Waals surface area contributed by atoms with Gasteiger partial charge in [-0.3, -0.25) is 0 Å². The van der Waals surface area contributed by atoms with Gasteiger partial charge >= 0.3 is 0 Å². The van der Waals surface area contributed by atoms with E-state index in [1.807, 2.05) is 18.2 Å². The van der Waals surface area contributed by atoms with Gasteiger partial charge in [0.15, 0.2) is 0 Å². The second-order valence-corrected chi connectivity index (χ2v) is 5.76. The number of aromatic hydroxyl groups is 1. The lowest BCUT2D eigenvalue weighted by molar-refractivity contribution is 0.469. The van der Waals surface area contributed by atoms with Gasteiger partial charge in [0.2, 0.25) is 0 Å². The third kappa shape index (κ3) is 3.49. The number of rotatable bonds is 3. The molecule has 2 rings (SSSR count). The first-order valence-electron chi connectivity index (χ1n) is 5.51. The molecule has 0 amide bonds. The maximum absolute atomic E-state index is 9.75. The first-order valence-corrected chi connectivity index (χ1v) is 7.09. The number of anilines is 1. The van der Waals surface area contributed by atoms with Crippen LogP contribution in [0.15, 0.2) is 45.3 Å². The number of hydrogen-bond acceptors (Lipinski definition) is 3. The second kappa shape index (κ2) is 6.09. The highest BCUT2D eigenvalue weighted by molar-refractivity contribution is 9.10. The van der Waals surface area contributed by atoms with Gasteiger partial charge in [-0.25, -0.2) is 0 Å². The quantitative estimate of drug-likeness (QED) is 0.828. The molecule has 0 saturated carbocycles. The van der Waals surface area contributed by atoms with Crippen molar-refractivity contribution < 1.29 is 5.11 Å². The zero-order valence-corrected chi connectivity index (χ0v) is 13.0. The van der Waals surface area contributed by atoms with Gasteiger partial charge < -0.3 is 10.4 Å². The Balaban J connectivity index is 2.19. The summed E-state index contributed by atoms with van der Waals surface area (Å²) in [5.74, 6) is 0.228. The van der Waals surface area contributed by atoms with Gasteiger partial charge in [-0.05, 0) is 36.4 Å². The predicted molar refractivity (Wildman–Crippen MR) is 82.0 cm³/mol. The Hall–Kier alpha value is -1.51. The summed E-state index contributed by atoms with van der Waals surface area (Å²) < 4.78 is 1.76. The molecule has 96 valence electrons. The van der Waals surface area contributed by atoms with Crippen LogP contribution in [0, 0.1) is 11.3 Å². The van der Waals surface area contributed by atoms with Gasteiger partial charge in [0.25, 0.3) is 0 Å². The van der Waals surface area contributed by atoms with Crippen molar-refractivity contribution in [3.8, 4) is 11.8 Å². The summed E-state index contributed by atoms with van der Waals surface area (Å²) in [5, 5.41) is 22.0. The first kappa shape index (κ1) is 13.9. The van der Waals surface area contributed by atoms with Gasteiger partial charge in [-0.15, -0.1) is 0 Å². The molecule has 19 heavy (non-hydrogen) atoms. The van der Waals surface area contributed by atoms with Crippen molar-refractivity contribution in [2.75, 3.05) is 5.32 Å². The van der Waals surface area contributed by atoms with Crippen LogP contribution < -0.4 is 5.32 Å². The molecule has 2 aromatic carbocycles. The first-order chi connectivity index (χ1) is 9.10. The molecule has 0 spiro atoms. The normalized spacial score (nSPS) is 9.95. The van der Waals surface area contributed by atoms with E-state index in [4.69, 9.17) is 5.26 Å². The van der Waals surface area contributed by atoms with E-state index < -0.39 is 0 Å². The molecule has 0 unspecified atom stereocenters. The van der Waals surface area contributed by atoms with E-state index in [0.29, 0.717) is 12.1 Å². The van der Waals surface area contributed by atoms with E-state index in [2.05, 4.69) is 43.2 Å². The molecule has 0 saturated heterocycles. The molecular formula is C14H10Br2N2O. The van der Waals surface area contributed by atoms with E-state index in [1.54, 1.807) is 18.2 Å². The molecule has 0 radical (unpaired) electrons. The van der Waals surface area contributed by atoms with Crippen LogP contribution in [0.2, 0.25) is 0 Å². The van der Waals surface area contributed by atoms with Crippen molar-refractivity contribution in [3.63, 3.8) is 0 Å². The highest BCUT2D eigenvalue weighted by atomic mass is 79.9. The Morgan fingerprint density at radius 2 is 1.79 bits per heavy atom. The number of hydrogen-bond donors (Lipinski definition) is 2. The van der Waals surface area contributed by atoms with Crippen LogP contribution in [0.1, 0.15) is 11.1 Å². The van der Waals surface area contributed by atoms with Crippen molar-refractivity contribution in [1.82, 2.24) is 0 Å². The summed E-state index contributed by atoms with van der Waals surface area (Å²) in [4.78, 5) is 0. The minimum Gasteiger partial charge on any atom is -0.508 e. The molecule has 0 bridgehead atoms. The van der Waals surface area contributed by atoms with Gasteiger partial charge in [0.1, 0.15) is 11.8 Å². The molecular weight excluding hydrogens is 372 g/mol. The van der Waals surface area contributed by atoms with Crippen LogP contribution in [0.5, 0.6) is 5.75 Å². The fraction of sp³-hybridized carbons (Fsp3) is 0.0714. The van der Waals surface area contributed by atoms with E-state index >= 15 is 0 Å². The van der Waals surface area contributed by atoms with Crippen LogP contribution in [-0.4, -0.2) is 5.11 Å². The van der Waals surface area contributed by atoms with Crippen molar-refractivity contribution in [1.29, 1.82) is 5.26 Å². The summed E-state index contributed by atoms with van der Waals surface area (Å²) in [6, 6.07) is 12.8. The lowest BCUT2D eigenvalue weighted by Gasteiger charge is -2.10. The topological polar surface area (TPSA) is 56.0 Å². The van der Waals surface area contributed by atoms with Crippen molar-refractivity contribution in [3.05, 3.63) is 56.5 Å². The fourth-order valence-corrected chi connectivity index (χ4v) is 2.42. The molecule has 0 atom stereocenters. The zero-order valence-electron chi connectivity index (χ0n) is 9.82. The second-order valence-electron chi connectivity index (χ2n) is 3.93. The van der Waals surface area contributed by atoms with Crippen molar-refractivity contribution in [2.24, 2.45) is 0 Å². The van der Waals surface area contributed by atoms with E-state index in [1.165, 1.54) is 0 Å². The number of nitrogens with zero attached hydrogens (tertiary/aromatic N) is 1. The highest BCUT2D eigenvalue weighted by Crippen LogP contribution is 2.25. The monoisotopic (exact) mass is 380 g/mol. The summed E-state index contributed by atoms with van der Waals surface area (Å²) in [7, 11) is 0. The Morgan fingerprint density at radius 1 is 1.11 bits per heavy atom. The molecule has 0 aliphatic carbocycles. The third-order valence-electron chi connectivity index (χ3n) is 2.61. The van der Waals surface area contributed by atoms with E-state index in [9.17, 15) is 5.11 Å². The van der Waals surface area contributed by atoms with Gasteiger partial charge in [0, 0.05) is 21.1 Å². The molecule has 0 aliphatic rings.